The number of hydrogen-bond acceptors (Lipinski definition) is 8. The molecule has 3 unspecified atom stereocenters. The highest BCUT2D eigenvalue weighted by Crippen LogP contribution is 2.30. The van der Waals surface area contributed by atoms with Crippen molar-refractivity contribution < 1.29 is 27.1 Å². The molecule has 10 nitrogen and oxygen atoms in total. The summed E-state index contributed by atoms with van der Waals surface area (Å²) in [5, 5.41) is 13.9. The summed E-state index contributed by atoms with van der Waals surface area (Å²) in [5.74, 6) is 0. The summed E-state index contributed by atoms with van der Waals surface area (Å²) >= 11 is 0. The van der Waals surface area contributed by atoms with Gasteiger partial charge in [-0.05, 0) is 45.3 Å². The SMILES string of the molecule is CC(C)(C)OC(=O)NC1C=C(C2=CC=NCC2[N+](=O)[O-])CCC1OS(C)(=O)=O. The van der Waals surface area contributed by atoms with E-state index in [1.165, 1.54) is 6.21 Å². The molecule has 0 aromatic rings. The first kappa shape index (κ1) is 22.0. The van der Waals surface area contributed by atoms with Gasteiger partial charge in [0.05, 0.1) is 12.3 Å². The van der Waals surface area contributed by atoms with Crippen LogP contribution in [0.3, 0.4) is 0 Å². The minimum Gasteiger partial charge on any atom is -0.444 e. The molecule has 1 aliphatic carbocycles. The van der Waals surface area contributed by atoms with Crippen LogP contribution in [0.1, 0.15) is 33.6 Å². The number of alkyl carbamates (subject to hydrolysis) is 1. The Labute approximate surface area is 164 Å². The van der Waals surface area contributed by atoms with E-state index >= 15 is 0 Å². The van der Waals surface area contributed by atoms with Crippen molar-refractivity contribution in [2.45, 2.75) is 57.4 Å². The molecule has 1 aliphatic heterocycles. The van der Waals surface area contributed by atoms with E-state index in [4.69, 9.17) is 8.92 Å². The van der Waals surface area contributed by atoms with Gasteiger partial charge in [0, 0.05) is 16.7 Å². The minimum atomic E-state index is -3.76. The van der Waals surface area contributed by atoms with Gasteiger partial charge in [0.1, 0.15) is 18.2 Å². The van der Waals surface area contributed by atoms with Crippen LogP contribution in [0.4, 0.5) is 4.79 Å². The van der Waals surface area contributed by atoms with Gasteiger partial charge >= 0.3 is 6.09 Å². The van der Waals surface area contributed by atoms with Crippen molar-refractivity contribution in [1.82, 2.24) is 5.32 Å². The van der Waals surface area contributed by atoms with Crippen LogP contribution < -0.4 is 5.32 Å². The molecule has 11 heteroatoms. The lowest BCUT2D eigenvalue weighted by molar-refractivity contribution is -0.508. The third-order valence-corrected chi connectivity index (χ3v) is 4.68. The van der Waals surface area contributed by atoms with Crippen LogP contribution in [0.25, 0.3) is 0 Å². The first-order valence-electron chi connectivity index (χ1n) is 8.78. The van der Waals surface area contributed by atoms with E-state index in [9.17, 15) is 23.3 Å². The molecule has 28 heavy (non-hydrogen) atoms. The van der Waals surface area contributed by atoms with Crippen LogP contribution >= 0.6 is 0 Å². The number of aliphatic imine (C=N–C) groups is 1. The average molecular weight is 415 g/mol. The Hall–Kier alpha value is -2.27. The average Bonchev–Trinajstić information content (AvgIpc) is 2.53. The number of ether oxygens (including phenoxy) is 1. The molecule has 0 aromatic heterocycles. The van der Waals surface area contributed by atoms with Gasteiger partial charge in [-0.3, -0.25) is 19.3 Å². The molecule has 1 heterocycles. The van der Waals surface area contributed by atoms with Crippen LogP contribution in [0.2, 0.25) is 0 Å². The van der Waals surface area contributed by atoms with E-state index in [1.807, 2.05) is 0 Å². The predicted molar refractivity (Wildman–Crippen MR) is 102 cm³/mol. The van der Waals surface area contributed by atoms with Crippen molar-refractivity contribution in [3.8, 4) is 0 Å². The van der Waals surface area contributed by atoms with Gasteiger partial charge in [0.15, 0.2) is 0 Å². The lowest BCUT2D eigenvalue weighted by atomic mass is 9.85. The Balaban J connectivity index is 2.30. The molecule has 2 rings (SSSR count). The second-order valence-electron chi connectivity index (χ2n) is 7.68. The van der Waals surface area contributed by atoms with Crippen LogP contribution in [-0.4, -0.2) is 62.2 Å². The quantitative estimate of drug-likeness (QED) is 0.409. The van der Waals surface area contributed by atoms with E-state index in [-0.39, 0.29) is 13.0 Å². The molecular formula is C17H25N3O7S. The highest BCUT2D eigenvalue weighted by molar-refractivity contribution is 7.86. The zero-order chi connectivity index (χ0) is 21.1. The topological polar surface area (TPSA) is 137 Å². The summed E-state index contributed by atoms with van der Waals surface area (Å²) in [6, 6.07) is -1.80. The Bertz CT molecular complexity index is 824. The molecular weight excluding hydrogens is 390 g/mol. The van der Waals surface area contributed by atoms with Crippen molar-refractivity contribution in [3.05, 3.63) is 33.4 Å². The number of carbonyl (C=O) groups excluding carboxylic acids is 1. The first-order valence-corrected chi connectivity index (χ1v) is 10.6. The second-order valence-corrected chi connectivity index (χ2v) is 9.28. The van der Waals surface area contributed by atoms with E-state index in [0.717, 1.165) is 6.26 Å². The summed E-state index contributed by atoms with van der Waals surface area (Å²) < 4.78 is 33.5. The molecule has 2 aliphatic rings. The van der Waals surface area contributed by atoms with E-state index in [1.54, 1.807) is 32.9 Å². The van der Waals surface area contributed by atoms with Gasteiger partial charge in [0.2, 0.25) is 0 Å². The lowest BCUT2D eigenvalue weighted by Gasteiger charge is -2.32. The van der Waals surface area contributed by atoms with Crippen molar-refractivity contribution in [2.75, 3.05) is 12.8 Å². The second kappa shape index (κ2) is 8.39. The summed E-state index contributed by atoms with van der Waals surface area (Å²) in [4.78, 5) is 27.1. The first-order chi connectivity index (χ1) is 12.9. The number of hydrogen-bond donors (Lipinski definition) is 1. The van der Waals surface area contributed by atoms with Gasteiger partial charge < -0.3 is 10.1 Å². The van der Waals surface area contributed by atoms with Gasteiger partial charge in [-0.2, -0.15) is 8.42 Å². The highest BCUT2D eigenvalue weighted by atomic mass is 32.2. The van der Waals surface area contributed by atoms with Crippen LogP contribution in [0.5, 0.6) is 0 Å². The molecule has 0 aromatic carbocycles. The number of nitrogens with zero attached hydrogens (tertiary/aromatic N) is 2. The summed E-state index contributed by atoms with van der Waals surface area (Å²) in [6.07, 6.45) is 4.68. The molecule has 0 fully saturated rings. The van der Waals surface area contributed by atoms with Gasteiger partial charge in [-0.15, -0.1) is 0 Å². The standard InChI is InChI=1S/C17H25N3O7S/c1-17(2,3)26-16(21)19-13-9-11(5-6-15(13)27-28(4,24)25)12-7-8-18-10-14(12)20(22)23/h7-9,13-15H,5-6,10H2,1-4H3,(H,19,21). The molecule has 0 bridgehead atoms. The van der Waals surface area contributed by atoms with Crippen LogP contribution in [0.15, 0.2) is 28.3 Å². The maximum atomic E-state index is 12.2. The van der Waals surface area contributed by atoms with Crippen LogP contribution in [0, 0.1) is 10.1 Å². The summed E-state index contributed by atoms with van der Waals surface area (Å²) in [5.41, 5.74) is 0.411. The normalized spacial score (nSPS) is 25.5. The zero-order valence-electron chi connectivity index (χ0n) is 16.2. The predicted octanol–water partition coefficient (Wildman–Crippen LogP) is 1.60. The smallest absolute Gasteiger partial charge is 0.408 e. The Kier molecular flexibility index (Phi) is 6.60. The number of nitro groups is 1. The zero-order valence-corrected chi connectivity index (χ0v) is 17.1. The highest BCUT2D eigenvalue weighted by Gasteiger charge is 2.36. The number of rotatable bonds is 5. The Morgan fingerprint density at radius 2 is 2.07 bits per heavy atom. The van der Waals surface area contributed by atoms with E-state index in [2.05, 4.69) is 10.3 Å². The Morgan fingerprint density at radius 1 is 1.39 bits per heavy atom. The fourth-order valence-electron chi connectivity index (χ4n) is 3.04. The van der Waals surface area contributed by atoms with E-state index < -0.39 is 44.9 Å². The van der Waals surface area contributed by atoms with Crippen molar-refractivity contribution in [2.24, 2.45) is 4.99 Å². The molecule has 0 spiro atoms. The number of dihydropyridines is 1. The van der Waals surface area contributed by atoms with Crippen molar-refractivity contribution in [1.29, 1.82) is 0 Å². The number of allylic oxidation sites excluding steroid dienone is 1. The fraction of sp³-hybridized carbons (Fsp3) is 0.647. The molecule has 3 atom stereocenters. The summed E-state index contributed by atoms with van der Waals surface area (Å²) in [6.45, 7) is 5.14. The number of amides is 1. The molecule has 156 valence electrons. The van der Waals surface area contributed by atoms with Crippen LogP contribution in [-0.2, 0) is 19.0 Å². The van der Waals surface area contributed by atoms with Gasteiger partial charge in [-0.1, -0.05) is 6.08 Å². The molecule has 1 N–H and O–H groups in total. The van der Waals surface area contributed by atoms with Crippen molar-refractivity contribution >= 4 is 22.4 Å². The molecule has 0 saturated carbocycles. The van der Waals surface area contributed by atoms with Gasteiger partial charge in [0.25, 0.3) is 16.2 Å². The largest absolute Gasteiger partial charge is 0.444 e. The molecule has 0 radical (unpaired) electrons. The maximum Gasteiger partial charge on any atom is 0.408 e. The van der Waals surface area contributed by atoms with Crippen molar-refractivity contribution in [3.63, 3.8) is 0 Å². The third kappa shape index (κ3) is 6.41. The maximum absolute atomic E-state index is 12.2. The van der Waals surface area contributed by atoms with E-state index in [0.29, 0.717) is 17.6 Å². The molecule has 0 saturated heterocycles. The molecule has 1 amide bonds. The third-order valence-electron chi connectivity index (χ3n) is 4.08. The number of nitrogens with one attached hydrogen (secondary N) is 1. The summed E-state index contributed by atoms with van der Waals surface area (Å²) in [7, 11) is -3.76. The Morgan fingerprint density at radius 3 is 2.64 bits per heavy atom. The number of carbonyl (C=O) groups is 1. The van der Waals surface area contributed by atoms with Gasteiger partial charge in [-0.25, -0.2) is 4.79 Å². The fourth-order valence-corrected chi connectivity index (χ4v) is 3.71. The monoisotopic (exact) mass is 415 g/mol. The lowest BCUT2D eigenvalue weighted by Crippen LogP contribution is -2.47. The minimum absolute atomic E-state index is 0.0314.